The standard InChI is InChI=1S/C22H27NO4/c1-13-20-16-10-18-17(26-6-5-7-27-18)8-14(16)9-19(22(2,3)4)23(20)11-15(12-24)21(13)25/h8,10-11,19-20,24H,1,5-7,9,12H2,2-4H3. The average Bonchev–Trinajstić information content (AvgIpc) is 2.85. The number of ketones is 1. The van der Waals surface area contributed by atoms with Crippen LogP contribution in [0.4, 0.5) is 0 Å². The van der Waals surface area contributed by atoms with E-state index in [0.29, 0.717) is 24.4 Å². The third-order valence-corrected chi connectivity index (χ3v) is 5.76. The third kappa shape index (κ3) is 2.94. The highest BCUT2D eigenvalue weighted by molar-refractivity contribution is 6.09. The first kappa shape index (κ1) is 18.1. The quantitative estimate of drug-likeness (QED) is 0.771. The zero-order valence-corrected chi connectivity index (χ0v) is 16.2. The minimum absolute atomic E-state index is 0.0160. The highest BCUT2D eigenvalue weighted by Gasteiger charge is 2.44. The SMILES string of the molecule is C=C1C(=O)C(CO)=CN2C1c1cc3c(cc1CC2C(C)(C)C)OCCCO3. The van der Waals surface area contributed by atoms with E-state index in [1.807, 2.05) is 12.3 Å². The molecule has 144 valence electrons. The Bertz CT molecular complexity index is 833. The van der Waals surface area contributed by atoms with Crippen molar-refractivity contribution < 1.29 is 19.4 Å². The van der Waals surface area contributed by atoms with Gasteiger partial charge in [-0.15, -0.1) is 0 Å². The fraction of sp³-hybridized carbons (Fsp3) is 0.500. The largest absolute Gasteiger partial charge is 0.490 e. The highest BCUT2D eigenvalue weighted by Crippen LogP contribution is 2.48. The minimum atomic E-state index is -0.272. The van der Waals surface area contributed by atoms with E-state index < -0.39 is 0 Å². The molecule has 4 rings (SSSR count). The van der Waals surface area contributed by atoms with Crippen molar-refractivity contribution in [2.45, 2.75) is 45.7 Å². The second-order valence-corrected chi connectivity index (χ2v) is 8.65. The monoisotopic (exact) mass is 369 g/mol. The number of hydrogen-bond acceptors (Lipinski definition) is 5. The van der Waals surface area contributed by atoms with E-state index in [-0.39, 0.29) is 29.9 Å². The van der Waals surface area contributed by atoms with Crippen molar-refractivity contribution in [3.63, 3.8) is 0 Å². The van der Waals surface area contributed by atoms with Crippen LogP contribution in [0.2, 0.25) is 0 Å². The van der Waals surface area contributed by atoms with Crippen LogP contribution in [0.3, 0.4) is 0 Å². The van der Waals surface area contributed by atoms with Gasteiger partial charge in [0.05, 0.1) is 25.9 Å². The van der Waals surface area contributed by atoms with Gasteiger partial charge in [-0.1, -0.05) is 27.4 Å². The maximum absolute atomic E-state index is 12.7. The molecule has 0 saturated carbocycles. The van der Waals surface area contributed by atoms with Crippen LogP contribution in [0.15, 0.2) is 36.1 Å². The summed E-state index contributed by atoms with van der Waals surface area (Å²) in [4.78, 5) is 14.9. The number of aliphatic hydroxyl groups excluding tert-OH is 1. The zero-order chi connectivity index (χ0) is 19.3. The number of benzene rings is 1. The normalized spacial score (nSPS) is 24.7. The lowest BCUT2D eigenvalue weighted by Crippen LogP contribution is -2.50. The molecule has 3 aliphatic heterocycles. The average molecular weight is 369 g/mol. The Hall–Kier alpha value is -2.27. The topological polar surface area (TPSA) is 59.0 Å². The van der Waals surface area contributed by atoms with Crippen molar-refractivity contribution in [3.8, 4) is 11.5 Å². The van der Waals surface area contributed by atoms with Gasteiger partial charge in [0.15, 0.2) is 17.3 Å². The molecule has 0 fully saturated rings. The Balaban J connectivity index is 1.89. The molecule has 1 N–H and O–H groups in total. The van der Waals surface area contributed by atoms with E-state index >= 15 is 0 Å². The van der Waals surface area contributed by atoms with Gasteiger partial charge in [-0.25, -0.2) is 0 Å². The van der Waals surface area contributed by atoms with E-state index in [2.05, 4.69) is 38.3 Å². The summed E-state index contributed by atoms with van der Waals surface area (Å²) in [5, 5.41) is 9.65. The highest BCUT2D eigenvalue weighted by atomic mass is 16.5. The molecule has 2 atom stereocenters. The third-order valence-electron chi connectivity index (χ3n) is 5.76. The maximum Gasteiger partial charge on any atom is 0.190 e. The first-order valence-corrected chi connectivity index (χ1v) is 9.56. The van der Waals surface area contributed by atoms with Crippen LogP contribution in [0.1, 0.15) is 44.4 Å². The van der Waals surface area contributed by atoms with E-state index in [4.69, 9.17) is 9.47 Å². The van der Waals surface area contributed by atoms with Crippen LogP contribution in [-0.2, 0) is 11.2 Å². The number of hydrogen-bond donors (Lipinski definition) is 1. The summed E-state index contributed by atoms with van der Waals surface area (Å²) in [5.74, 6) is 1.36. The molecule has 0 amide bonds. The van der Waals surface area contributed by atoms with Crippen molar-refractivity contribution in [2.75, 3.05) is 19.8 Å². The molecule has 3 aliphatic rings. The van der Waals surface area contributed by atoms with Crippen LogP contribution in [-0.4, -0.2) is 41.7 Å². The van der Waals surface area contributed by atoms with Gasteiger partial charge in [0, 0.05) is 29.8 Å². The van der Waals surface area contributed by atoms with Crippen molar-refractivity contribution >= 4 is 5.78 Å². The molecule has 1 aromatic rings. The molecule has 0 aromatic heterocycles. The molecule has 3 heterocycles. The van der Waals surface area contributed by atoms with Gasteiger partial charge in [0.2, 0.25) is 0 Å². The summed E-state index contributed by atoms with van der Waals surface area (Å²) in [6.07, 6.45) is 3.53. The molecule has 2 unspecified atom stereocenters. The predicted octanol–water partition coefficient (Wildman–Crippen LogP) is 3.18. The lowest BCUT2D eigenvalue weighted by molar-refractivity contribution is -0.114. The molecule has 0 radical (unpaired) electrons. The second-order valence-electron chi connectivity index (χ2n) is 8.65. The molecule has 27 heavy (non-hydrogen) atoms. The van der Waals surface area contributed by atoms with Crippen LogP contribution in [0.5, 0.6) is 11.5 Å². The van der Waals surface area contributed by atoms with Crippen LogP contribution >= 0.6 is 0 Å². The van der Waals surface area contributed by atoms with Gasteiger partial charge in [0.1, 0.15) is 0 Å². The molecule has 5 heteroatoms. The summed E-state index contributed by atoms with van der Waals surface area (Å²) in [6, 6.07) is 4.03. The molecule has 0 saturated heterocycles. The van der Waals surface area contributed by atoms with Crippen molar-refractivity contribution in [3.05, 3.63) is 47.2 Å². The number of ether oxygens (including phenoxy) is 2. The first-order valence-electron chi connectivity index (χ1n) is 9.56. The minimum Gasteiger partial charge on any atom is -0.490 e. The molecule has 1 aromatic carbocycles. The summed E-state index contributed by atoms with van der Waals surface area (Å²) in [7, 11) is 0. The van der Waals surface area contributed by atoms with Crippen LogP contribution in [0, 0.1) is 5.41 Å². The number of rotatable bonds is 1. The van der Waals surface area contributed by atoms with Crippen molar-refractivity contribution in [1.29, 1.82) is 0 Å². The Morgan fingerprint density at radius 2 is 1.89 bits per heavy atom. The van der Waals surface area contributed by atoms with E-state index in [1.54, 1.807) is 0 Å². The number of fused-ring (bicyclic) bond motifs is 4. The van der Waals surface area contributed by atoms with Gasteiger partial charge < -0.3 is 19.5 Å². The molecular weight excluding hydrogens is 342 g/mol. The summed E-state index contributed by atoms with van der Waals surface area (Å²) >= 11 is 0. The second kappa shape index (κ2) is 6.41. The van der Waals surface area contributed by atoms with Gasteiger partial charge in [0.25, 0.3) is 0 Å². The Kier molecular flexibility index (Phi) is 4.30. The molecular formula is C22H27NO4. The molecule has 0 bridgehead atoms. The fourth-order valence-corrected chi connectivity index (χ4v) is 4.32. The fourth-order valence-electron chi connectivity index (χ4n) is 4.32. The van der Waals surface area contributed by atoms with Crippen molar-refractivity contribution in [2.24, 2.45) is 5.41 Å². The van der Waals surface area contributed by atoms with Gasteiger partial charge >= 0.3 is 0 Å². The van der Waals surface area contributed by atoms with E-state index in [1.165, 1.54) is 5.56 Å². The Morgan fingerprint density at radius 3 is 2.52 bits per heavy atom. The predicted molar refractivity (Wildman–Crippen MR) is 103 cm³/mol. The number of nitrogens with zero attached hydrogens (tertiary/aromatic N) is 1. The zero-order valence-electron chi connectivity index (χ0n) is 16.2. The summed E-state index contributed by atoms with van der Waals surface area (Å²) < 4.78 is 11.8. The lowest BCUT2D eigenvalue weighted by Gasteiger charge is -2.50. The van der Waals surface area contributed by atoms with E-state index in [9.17, 15) is 9.90 Å². The number of Topliss-reactive ketones (excluding diaryl/α,β-unsaturated/α-hetero) is 1. The molecule has 0 spiro atoms. The Morgan fingerprint density at radius 1 is 1.22 bits per heavy atom. The maximum atomic E-state index is 12.7. The number of carbonyl (C=O) groups is 1. The van der Waals surface area contributed by atoms with E-state index in [0.717, 1.165) is 29.9 Å². The smallest absolute Gasteiger partial charge is 0.190 e. The van der Waals surface area contributed by atoms with Crippen LogP contribution in [0.25, 0.3) is 0 Å². The molecule has 0 aliphatic carbocycles. The number of aliphatic hydroxyl groups is 1. The summed E-state index contributed by atoms with van der Waals surface area (Å²) in [5.41, 5.74) is 3.12. The van der Waals surface area contributed by atoms with Crippen molar-refractivity contribution in [1.82, 2.24) is 4.90 Å². The summed E-state index contributed by atoms with van der Waals surface area (Å²) in [6.45, 7) is 11.7. The lowest BCUT2D eigenvalue weighted by atomic mass is 9.73. The van der Waals surface area contributed by atoms with Crippen LogP contribution < -0.4 is 9.47 Å². The van der Waals surface area contributed by atoms with Gasteiger partial charge in [-0.3, -0.25) is 4.79 Å². The van der Waals surface area contributed by atoms with Gasteiger partial charge in [-0.05, 0) is 35.1 Å². The van der Waals surface area contributed by atoms with Gasteiger partial charge in [-0.2, -0.15) is 0 Å². The molecule has 5 nitrogen and oxygen atoms in total. The number of carbonyl (C=O) groups excluding carboxylic acids is 1. The Labute approximate surface area is 160 Å². The first-order chi connectivity index (χ1) is 12.8.